The molecule has 1 N–H and O–H groups in total. The summed E-state index contributed by atoms with van der Waals surface area (Å²) in [5, 5.41) is 1.62. The van der Waals surface area contributed by atoms with Crippen LogP contribution < -0.4 is 0 Å². The van der Waals surface area contributed by atoms with Crippen LogP contribution in [-0.2, 0) is 0 Å². The normalized spacial score (nSPS) is 11.2. The van der Waals surface area contributed by atoms with Gasteiger partial charge in [0.15, 0.2) is 5.78 Å². The zero-order valence-electron chi connectivity index (χ0n) is 8.67. The standard InChI is InChI=1S/C12H12ClNO/c1-7(2)12(15)10-6-14-11-5-8(13)3-4-9(10)11/h3-7,14H,1-2H3. The number of hydrogen-bond donors (Lipinski definition) is 1. The van der Waals surface area contributed by atoms with Crippen LogP contribution in [0.15, 0.2) is 24.4 Å². The molecule has 1 aromatic heterocycles. The highest BCUT2D eigenvalue weighted by molar-refractivity contribution is 6.31. The number of hydrogen-bond acceptors (Lipinski definition) is 1. The van der Waals surface area contributed by atoms with Crippen molar-refractivity contribution >= 4 is 28.3 Å². The predicted octanol–water partition coefficient (Wildman–Crippen LogP) is 3.66. The van der Waals surface area contributed by atoms with E-state index in [1.165, 1.54) is 0 Å². The largest absolute Gasteiger partial charge is 0.360 e. The zero-order valence-corrected chi connectivity index (χ0v) is 9.43. The first-order chi connectivity index (χ1) is 7.09. The summed E-state index contributed by atoms with van der Waals surface area (Å²) in [4.78, 5) is 14.9. The molecule has 3 heteroatoms. The van der Waals surface area contributed by atoms with Crippen LogP contribution in [0.25, 0.3) is 10.9 Å². The topological polar surface area (TPSA) is 32.9 Å². The van der Waals surface area contributed by atoms with Gasteiger partial charge in [0.2, 0.25) is 0 Å². The number of carbonyl (C=O) groups excluding carboxylic acids is 1. The summed E-state index contributed by atoms with van der Waals surface area (Å²) in [7, 11) is 0. The fourth-order valence-corrected chi connectivity index (χ4v) is 1.79. The number of Topliss-reactive ketones (excluding diaryl/α,β-unsaturated/α-hetero) is 1. The van der Waals surface area contributed by atoms with Crippen molar-refractivity contribution in [1.29, 1.82) is 0 Å². The third-order valence-corrected chi connectivity index (χ3v) is 2.67. The van der Waals surface area contributed by atoms with Crippen LogP contribution in [0, 0.1) is 5.92 Å². The fourth-order valence-electron chi connectivity index (χ4n) is 1.61. The molecule has 2 rings (SSSR count). The SMILES string of the molecule is CC(C)C(=O)c1c[nH]c2cc(Cl)ccc12. The number of fused-ring (bicyclic) bond motifs is 1. The second-order valence-electron chi connectivity index (χ2n) is 3.91. The third-order valence-electron chi connectivity index (χ3n) is 2.43. The Morgan fingerprint density at radius 1 is 1.40 bits per heavy atom. The van der Waals surface area contributed by atoms with E-state index in [4.69, 9.17) is 11.6 Å². The van der Waals surface area contributed by atoms with Gasteiger partial charge in [-0.15, -0.1) is 0 Å². The van der Waals surface area contributed by atoms with E-state index < -0.39 is 0 Å². The summed E-state index contributed by atoms with van der Waals surface area (Å²) in [5.74, 6) is 0.170. The van der Waals surface area contributed by atoms with Crippen LogP contribution in [0.5, 0.6) is 0 Å². The number of aromatic amines is 1. The van der Waals surface area contributed by atoms with Crippen LogP contribution in [0.4, 0.5) is 0 Å². The molecule has 0 aliphatic rings. The molecule has 0 spiro atoms. The second kappa shape index (κ2) is 3.70. The highest BCUT2D eigenvalue weighted by Gasteiger charge is 2.14. The van der Waals surface area contributed by atoms with Gasteiger partial charge >= 0.3 is 0 Å². The fraction of sp³-hybridized carbons (Fsp3) is 0.250. The van der Waals surface area contributed by atoms with E-state index in [1.807, 2.05) is 26.0 Å². The summed E-state index contributed by atoms with van der Waals surface area (Å²) in [5.41, 5.74) is 1.66. The number of H-pyrrole nitrogens is 1. The van der Waals surface area contributed by atoms with Crippen molar-refractivity contribution < 1.29 is 4.79 Å². The monoisotopic (exact) mass is 221 g/mol. The first-order valence-corrected chi connectivity index (χ1v) is 5.28. The minimum absolute atomic E-state index is 0.0136. The van der Waals surface area contributed by atoms with Gasteiger partial charge in [0, 0.05) is 33.6 Å². The highest BCUT2D eigenvalue weighted by atomic mass is 35.5. The average Bonchev–Trinajstić information content (AvgIpc) is 2.59. The Balaban J connectivity index is 2.59. The Labute approximate surface area is 93.2 Å². The molecule has 0 fully saturated rings. The maximum absolute atomic E-state index is 11.9. The molecular weight excluding hydrogens is 210 g/mol. The van der Waals surface area contributed by atoms with Crippen LogP contribution in [0.3, 0.4) is 0 Å². The van der Waals surface area contributed by atoms with Crippen molar-refractivity contribution in [3.8, 4) is 0 Å². The van der Waals surface area contributed by atoms with E-state index >= 15 is 0 Å². The van der Waals surface area contributed by atoms with E-state index in [9.17, 15) is 4.79 Å². The summed E-state index contributed by atoms with van der Waals surface area (Å²) >= 11 is 5.87. The Bertz CT molecular complexity index is 513. The van der Waals surface area contributed by atoms with Gasteiger partial charge in [-0.3, -0.25) is 4.79 Å². The summed E-state index contributed by atoms with van der Waals surface area (Å²) in [6.07, 6.45) is 1.75. The molecule has 0 bridgehead atoms. The molecule has 1 heterocycles. The van der Waals surface area contributed by atoms with E-state index in [1.54, 1.807) is 12.3 Å². The number of nitrogens with one attached hydrogen (secondary N) is 1. The quantitative estimate of drug-likeness (QED) is 0.772. The van der Waals surface area contributed by atoms with Gasteiger partial charge in [-0.25, -0.2) is 0 Å². The average molecular weight is 222 g/mol. The molecule has 0 unspecified atom stereocenters. The number of halogens is 1. The second-order valence-corrected chi connectivity index (χ2v) is 4.35. The number of rotatable bonds is 2. The van der Waals surface area contributed by atoms with E-state index in [0.29, 0.717) is 5.02 Å². The highest BCUT2D eigenvalue weighted by Crippen LogP contribution is 2.23. The maximum atomic E-state index is 11.9. The molecule has 0 saturated carbocycles. The van der Waals surface area contributed by atoms with Gasteiger partial charge in [-0.2, -0.15) is 0 Å². The van der Waals surface area contributed by atoms with Crippen LogP contribution >= 0.6 is 11.6 Å². The van der Waals surface area contributed by atoms with Crippen LogP contribution in [0.2, 0.25) is 5.02 Å². The van der Waals surface area contributed by atoms with Crippen LogP contribution in [-0.4, -0.2) is 10.8 Å². The van der Waals surface area contributed by atoms with Gasteiger partial charge in [0.25, 0.3) is 0 Å². The Hall–Kier alpha value is -1.28. The first-order valence-electron chi connectivity index (χ1n) is 4.90. The van der Waals surface area contributed by atoms with Crippen LogP contribution in [0.1, 0.15) is 24.2 Å². The predicted molar refractivity (Wildman–Crippen MR) is 62.5 cm³/mol. The molecular formula is C12H12ClNO. The van der Waals surface area contributed by atoms with Crippen molar-refractivity contribution in [2.45, 2.75) is 13.8 Å². The third kappa shape index (κ3) is 1.77. The first kappa shape index (κ1) is 10.2. The van der Waals surface area contributed by atoms with Crippen molar-refractivity contribution in [1.82, 2.24) is 4.98 Å². The molecule has 0 aliphatic carbocycles. The van der Waals surface area contributed by atoms with Crippen molar-refractivity contribution in [3.05, 3.63) is 35.0 Å². The van der Waals surface area contributed by atoms with E-state index in [-0.39, 0.29) is 11.7 Å². The minimum Gasteiger partial charge on any atom is -0.360 e. The van der Waals surface area contributed by atoms with Gasteiger partial charge in [-0.05, 0) is 12.1 Å². The zero-order chi connectivity index (χ0) is 11.0. The van der Waals surface area contributed by atoms with E-state index in [2.05, 4.69) is 4.98 Å². The van der Waals surface area contributed by atoms with Gasteiger partial charge in [0.1, 0.15) is 0 Å². The summed E-state index contributed by atoms with van der Waals surface area (Å²) in [6.45, 7) is 3.80. The van der Waals surface area contributed by atoms with Gasteiger partial charge in [-0.1, -0.05) is 31.5 Å². The molecule has 78 valence electrons. The molecule has 2 aromatic rings. The molecule has 15 heavy (non-hydrogen) atoms. The van der Waals surface area contributed by atoms with Crippen molar-refractivity contribution in [2.75, 3.05) is 0 Å². The molecule has 2 nitrogen and oxygen atoms in total. The maximum Gasteiger partial charge on any atom is 0.167 e. The molecule has 0 radical (unpaired) electrons. The van der Waals surface area contributed by atoms with Crippen molar-refractivity contribution in [3.63, 3.8) is 0 Å². The number of ketones is 1. The molecule has 0 atom stereocenters. The van der Waals surface area contributed by atoms with Gasteiger partial charge in [0.05, 0.1) is 0 Å². The number of carbonyl (C=O) groups is 1. The van der Waals surface area contributed by atoms with Crippen molar-refractivity contribution in [2.24, 2.45) is 5.92 Å². The van der Waals surface area contributed by atoms with Gasteiger partial charge < -0.3 is 4.98 Å². The lowest BCUT2D eigenvalue weighted by Crippen LogP contribution is -2.06. The summed E-state index contributed by atoms with van der Waals surface area (Å²) in [6, 6.07) is 5.51. The smallest absolute Gasteiger partial charge is 0.167 e. The van der Waals surface area contributed by atoms with E-state index in [0.717, 1.165) is 16.5 Å². The Kier molecular flexibility index (Phi) is 2.53. The minimum atomic E-state index is 0.0136. The number of benzene rings is 1. The molecule has 0 saturated heterocycles. The molecule has 0 aliphatic heterocycles. The molecule has 0 amide bonds. The summed E-state index contributed by atoms with van der Waals surface area (Å²) < 4.78 is 0. The lowest BCUT2D eigenvalue weighted by Gasteiger charge is -2.01. The Morgan fingerprint density at radius 3 is 2.80 bits per heavy atom. The lowest BCUT2D eigenvalue weighted by atomic mass is 10.0. The molecule has 1 aromatic carbocycles. The lowest BCUT2D eigenvalue weighted by molar-refractivity contribution is 0.0941. The Morgan fingerprint density at radius 2 is 2.13 bits per heavy atom. The number of aromatic nitrogens is 1.